The lowest BCUT2D eigenvalue weighted by Crippen LogP contribution is -2.25. The second-order valence-corrected chi connectivity index (χ2v) is 7.47. The molecule has 0 saturated carbocycles. The second kappa shape index (κ2) is 8.45. The van der Waals surface area contributed by atoms with Gasteiger partial charge in [0.2, 0.25) is 11.9 Å². The van der Waals surface area contributed by atoms with E-state index in [1.165, 1.54) is 0 Å². The summed E-state index contributed by atoms with van der Waals surface area (Å²) in [5.74, 6) is 1.22. The first-order valence-electron chi connectivity index (χ1n) is 8.15. The van der Waals surface area contributed by atoms with E-state index in [2.05, 4.69) is 15.3 Å². The molecule has 1 atom stereocenters. The highest BCUT2D eigenvalue weighted by molar-refractivity contribution is 8.15. The topological polar surface area (TPSA) is 110 Å². The second-order valence-electron chi connectivity index (χ2n) is 5.91. The predicted octanol–water partition coefficient (Wildman–Crippen LogP) is 2.12. The van der Waals surface area contributed by atoms with Crippen LogP contribution in [-0.2, 0) is 11.2 Å². The largest absolute Gasteiger partial charge is 0.492 e. The van der Waals surface area contributed by atoms with E-state index >= 15 is 0 Å². The fourth-order valence-corrected chi connectivity index (χ4v) is 3.54. The van der Waals surface area contributed by atoms with Gasteiger partial charge in [-0.2, -0.15) is 4.98 Å². The van der Waals surface area contributed by atoms with Crippen molar-refractivity contribution in [3.63, 3.8) is 0 Å². The van der Waals surface area contributed by atoms with Gasteiger partial charge in [0, 0.05) is 13.1 Å². The number of benzene rings is 1. The average molecular weight is 408 g/mol. The Kier molecular flexibility index (Phi) is 6.02. The van der Waals surface area contributed by atoms with Crippen LogP contribution < -0.4 is 20.7 Å². The van der Waals surface area contributed by atoms with E-state index in [0.717, 1.165) is 17.3 Å². The molecule has 8 nitrogen and oxygen atoms in total. The van der Waals surface area contributed by atoms with E-state index < -0.39 is 0 Å². The summed E-state index contributed by atoms with van der Waals surface area (Å²) in [6, 6.07) is 9.10. The molecule has 142 valence electrons. The van der Waals surface area contributed by atoms with E-state index in [0.29, 0.717) is 31.1 Å². The van der Waals surface area contributed by atoms with Gasteiger partial charge in [-0.1, -0.05) is 35.5 Å². The van der Waals surface area contributed by atoms with Crippen LogP contribution in [-0.4, -0.2) is 46.6 Å². The van der Waals surface area contributed by atoms with Gasteiger partial charge in [0.1, 0.15) is 23.3 Å². The molecule has 0 bridgehead atoms. The van der Waals surface area contributed by atoms with Crippen LogP contribution in [0.15, 0.2) is 30.3 Å². The maximum atomic E-state index is 11.6. The zero-order chi connectivity index (χ0) is 19.4. The van der Waals surface area contributed by atoms with Crippen LogP contribution >= 0.6 is 23.4 Å². The predicted molar refractivity (Wildman–Crippen MR) is 105 cm³/mol. The SMILES string of the molecule is CN(CCOc1ccc(CC2SC(=O)NC2=O)cc1)c1cc(Cl)nc(N)n1. The lowest BCUT2D eigenvalue weighted by Gasteiger charge is -2.18. The molecule has 0 aliphatic carbocycles. The molecule has 1 aliphatic heterocycles. The number of anilines is 2. The van der Waals surface area contributed by atoms with Crippen molar-refractivity contribution in [2.45, 2.75) is 11.7 Å². The smallest absolute Gasteiger partial charge is 0.286 e. The van der Waals surface area contributed by atoms with Crippen LogP contribution in [0.1, 0.15) is 5.56 Å². The molecule has 10 heteroatoms. The molecular formula is C17H18ClN5O3S. The number of amides is 2. The molecule has 2 amide bonds. The highest BCUT2D eigenvalue weighted by atomic mass is 35.5. The number of likely N-dealkylation sites (N-methyl/N-ethyl adjacent to an activating group) is 1. The van der Waals surface area contributed by atoms with E-state index in [4.69, 9.17) is 22.1 Å². The Morgan fingerprint density at radius 2 is 2.04 bits per heavy atom. The molecule has 1 aromatic carbocycles. The normalized spacial score (nSPS) is 16.3. The van der Waals surface area contributed by atoms with Gasteiger partial charge in [0.05, 0.1) is 11.8 Å². The van der Waals surface area contributed by atoms with Crippen molar-refractivity contribution in [3.05, 3.63) is 41.0 Å². The molecule has 2 aromatic rings. The molecule has 0 radical (unpaired) electrons. The van der Waals surface area contributed by atoms with Gasteiger partial charge in [-0.15, -0.1) is 0 Å². The van der Waals surface area contributed by atoms with E-state index in [1.54, 1.807) is 6.07 Å². The zero-order valence-electron chi connectivity index (χ0n) is 14.5. The zero-order valence-corrected chi connectivity index (χ0v) is 16.1. The summed E-state index contributed by atoms with van der Waals surface area (Å²) in [6.45, 7) is 1.02. The van der Waals surface area contributed by atoms with Crippen molar-refractivity contribution < 1.29 is 14.3 Å². The van der Waals surface area contributed by atoms with Gasteiger partial charge >= 0.3 is 0 Å². The minimum absolute atomic E-state index is 0.122. The van der Waals surface area contributed by atoms with E-state index in [9.17, 15) is 9.59 Å². The highest BCUT2D eigenvalue weighted by Crippen LogP contribution is 2.24. The summed E-state index contributed by atoms with van der Waals surface area (Å²) in [4.78, 5) is 32.6. The highest BCUT2D eigenvalue weighted by Gasteiger charge is 2.31. The number of rotatable bonds is 7. The minimum Gasteiger partial charge on any atom is -0.492 e. The number of ether oxygens (including phenoxy) is 1. The number of carbonyl (C=O) groups excluding carboxylic acids is 2. The molecule has 27 heavy (non-hydrogen) atoms. The molecular weight excluding hydrogens is 390 g/mol. The van der Waals surface area contributed by atoms with Gasteiger partial charge < -0.3 is 15.4 Å². The summed E-state index contributed by atoms with van der Waals surface area (Å²) in [5.41, 5.74) is 6.56. The third-order valence-corrected chi connectivity index (χ3v) is 5.07. The van der Waals surface area contributed by atoms with E-state index in [-0.39, 0.29) is 27.5 Å². The molecule has 2 heterocycles. The molecule has 3 N–H and O–H groups in total. The summed E-state index contributed by atoms with van der Waals surface area (Å²) in [5, 5.41) is 1.92. The number of thioether (sulfide) groups is 1. The number of carbonyl (C=O) groups is 2. The summed E-state index contributed by atoms with van der Waals surface area (Å²) in [7, 11) is 1.86. The van der Waals surface area contributed by atoms with Gasteiger partial charge in [-0.05, 0) is 24.1 Å². The molecule has 1 aromatic heterocycles. The van der Waals surface area contributed by atoms with Gasteiger partial charge in [0.25, 0.3) is 5.24 Å². The van der Waals surface area contributed by atoms with Crippen LogP contribution in [0.25, 0.3) is 0 Å². The first kappa shape index (κ1) is 19.2. The molecule has 0 spiro atoms. The standard InChI is InChI=1S/C17H18ClN5O3S/c1-23(14-9-13(18)20-16(19)21-14)6-7-26-11-4-2-10(3-5-11)8-12-15(24)22-17(25)27-12/h2-5,9,12H,6-8H2,1H3,(H2,19,20,21)(H,22,24,25). The Morgan fingerprint density at radius 1 is 1.30 bits per heavy atom. The van der Waals surface area contributed by atoms with Crippen LogP contribution in [0.2, 0.25) is 5.15 Å². The van der Waals surface area contributed by atoms with Gasteiger partial charge in [-0.25, -0.2) is 4.98 Å². The summed E-state index contributed by atoms with van der Waals surface area (Å²) in [6.07, 6.45) is 0.501. The minimum atomic E-state index is -0.370. The molecule has 1 saturated heterocycles. The van der Waals surface area contributed by atoms with Crippen molar-refractivity contribution in [2.75, 3.05) is 30.8 Å². The molecule has 1 aliphatic rings. The maximum Gasteiger partial charge on any atom is 0.286 e. The van der Waals surface area contributed by atoms with Crippen LogP contribution in [0, 0.1) is 0 Å². The van der Waals surface area contributed by atoms with Crippen LogP contribution in [0.3, 0.4) is 0 Å². The Morgan fingerprint density at radius 3 is 2.67 bits per heavy atom. The quantitative estimate of drug-likeness (QED) is 0.671. The third kappa shape index (κ3) is 5.24. The summed E-state index contributed by atoms with van der Waals surface area (Å²) >= 11 is 6.91. The number of nitrogen functional groups attached to an aromatic ring is 1. The monoisotopic (exact) mass is 407 g/mol. The van der Waals surface area contributed by atoms with Gasteiger partial charge in [-0.3, -0.25) is 14.9 Å². The molecule has 1 fully saturated rings. The Bertz CT molecular complexity index is 829. The fourth-order valence-electron chi connectivity index (χ4n) is 2.50. The lowest BCUT2D eigenvalue weighted by atomic mass is 10.1. The number of nitrogens with one attached hydrogen (secondary N) is 1. The first-order chi connectivity index (χ1) is 12.9. The van der Waals surface area contributed by atoms with Crippen molar-refractivity contribution in [3.8, 4) is 5.75 Å². The number of nitrogens with zero attached hydrogens (tertiary/aromatic N) is 3. The van der Waals surface area contributed by atoms with Crippen molar-refractivity contribution in [2.24, 2.45) is 0 Å². The summed E-state index contributed by atoms with van der Waals surface area (Å²) < 4.78 is 5.73. The van der Waals surface area contributed by atoms with Crippen LogP contribution in [0.4, 0.5) is 16.6 Å². The Labute approximate surface area is 165 Å². The number of aromatic nitrogens is 2. The Hall–Kier alpha value is -2.52. The lowest BCUT2D eigenvalue weighted by molar-refractivity contribution is -0.118. The maximum absolute atomic E-state index is 11.6. The van der Waals surface area contributed by atoms with E-state index in [1.807, 2.05) is 36.2 Å². The number of imide groups is 1. The third-order valence-electron chi connectivity index (χ3n) is 3.90. The van der Waals surface area contributed by atoms with Crippen molar-refractivity contribution in [1.29, 1.82) is 0 Å². The molecule has 3 rings (SSSR count). The fraction of sp³-hybridized carbons (Fsp3) is 0.294. The number of hydrogen-bond acceptors (Lipinski definition) is 8. The number of nitrogens with two attached hydrogens (primary N) is 1. The average Bonchev–Trinajstić information content (AvgIpc) is 2.92. The number of halogens is 1. The Balaban J connectivity index is 1.48. The van der Waals surface area contributed by atoms with Gasteiger partial charge in [0.15, 0.2) is 0 Å². The van der Waals surface area contributed by atoms with Crippen LogP contribution in [0.5, 0.6) is 5.75 Å². The van der Waals surface area contributed by atoms with Crippen molar-refractivity contribution >= 4 is 46.3 Å². The number of hydrogen-bond donors (Lipinski definition) is 2. The van der Waals surface area contributed by atoms with Crippen molar-refractivity contribution in [1.82, 2.24) is 15.3 Å². The molecule has 1 unspecified atom stereocenters. The first-order valence-corrected chi connectivity index (χ1v) is 9.41.